The largest absolute Gasteiger partial charge is 0.385 e. The van der Waals surface area contributed by atoms with Crippen molar-refractivity contribution in [1.82, 2.24) is 14.9 Å². The highest BCUT2D eigenvalue weighted by Crippen LogP contribution is 2.22. The molecule has 3 N–H and O–H groups in total. The molecule has 0 saturated carbocycles. The van der Waals surface area contributed by atoms with Crippen molar-refractivity contribution < 1.29 is 0 Å². The van der Waals surface area contributed by atoms with Gasteiger partial charge in [-0.15, -0.1) is 0 Å². The van der Waals surface area contributed by atoms with Gasteiger partial charge in [0.2, 0.25) is 0 Å². The van der Waals surface area contributed by atoms with E-state index in [0.29, 0.717) is 16.8 Å². The normalized spacial score (nSPS) is 14.1. The van der Waals surface area contributed by atoms with Crippen LogP contribution in [-0.4, -0.2) is 22.8 Å². The fourth-order valence-corrected chi connectivity index (χ4v) is 3.42. The van der Waals surface area contributed by atoms with Gasteiger partial charge in [-0.05, 0) is 74.0 Å². The Morgan fingerprint density at radius 1 is 1.35 bits per heavy atom. The van der Waals surface area contributed by atoms with Gasteiger partial charge >= 0.3 is 0 Å². The van der Waals surface area contributed by atoms with E-state index in [9.17, 15) is 0 Å². The van der Waals surface area contributed by atoms with Crippen molar-refractivity contribution >= 4 is 23.9 Å². The highest BCUT2D eigenvalue weighted by molar-refractivity contribution is 6.30. The zero-order valence-electron chi connectivity index (χ0n) is 20.6. The van der Waals surface area contributed by atoms with E-state index in [1.54, 1.807) is 18.5 Å². The van der Waals surface area contributed by atoms with Gasteiger partial charge in [-0.3, -0.25) is 9.98 Å². The summed E-state index contributed by atoms with van der Waals surface area (Å²) >= 11 is 5.94. The number of halogens is 1. The first kappa shape index (κ1) is 26.9. The summed E-state index contributed by atoms with van der Waals surface area (Å²) in [5, 5.41) is 4.11. The Morgan fingerprint density at radius 3 is 2.74 bits per heavy atom. The van der Waals surface area contributed by atoms with Crippen LogP contribution in [0, 0.1) is 0 Å². The quantitative estimate of drug-likeness (QED) is 0.332. The molecule has 180 valence electrons. The molecule has 2 rings (SSSR count). The summed E-state index contributed by atoms with van der Waals surface area (Å²) < 4.78 is 1.92. The van der Waals surface area contributed by atoms with Gasteiger partial charge in [0.15, 0.2) is 0 Å². The van der Waals surface area contributed by atoms with E-state index >= 15 is 0 Å². The van der Waals surface area contributed by atoms with Crippen molar-refractivity contribution in [2.24, 2.45) is 22.8 Å². The van der Waals surface area contributed by atoms with Crippen molar-refractivity contribution in [2.75, 3.05) is 6.54 Å². The molecule has 0 bridgehead atoms. The number of nitrogens with zero attached hydrogens (tertiary/aromatic N) is 4. The zero-order valence-corrected chi connectivity index (χ0v) is 21.3. The standard InChI is InChI=1S/C27H35ClN6/c1-7-21(20(4)31-13-11-19(3)25-10-9-24(28)18-32-25)15-23(17-30-5)22-12-14-34(6)27(16-22)33-26(29)8-2/h8-10,12,14-19,31H,4-5,7,11,13,29H2,1-3,6H3/b21-15+,23-17+,26-8?,33-27?. The molecule has 0 fully saturated rings. The number of rotatable bonds is 11. The second kappa shape index (κ2) is 13.4. The molecular formula is C27H35ClN6. The first-order chi connectivity index (χ1) is 16.3. The predicted octanol–water partition coefficient (Wildman–Crippen LogP) is 5.47. The van der Waals surface area contributed by atoms with Crippen LogP contribution in [0.1, 0.15) is 50.8 Å². The van der Waals surface area contributed by atoms with E-state index in [-0.39, 0.29) is 0 Å². The van der Waals surface area contributed by atoms with Crippen LogP contribution in [0.3, 0.4) is 0 Å². The van der Waals surface area contributed by atoms with Gasteiger partial charge in [0, 0.05) is 55.1 Å². The van der Waals surface area contributed by atoms with E-state index < -0.39 is 0 Å². The van der Waals surface area contributed by atoms with Crippen LogP contribution < -0.4 is 16.5 Å². The molecule has 0 aliphatic carbocycles. The molecule has 0 aliphatic rings. The lowest BCUT2D eigenvalue weighted by atomic mass is 10.0. The SMILES string of the molecule is C=N/C=C(\C=C(/CC)C(=C)NCCC(C)c1ccc(Cl)cn1)c1ccn(C)c(=NC(N)=CC)c1. The molecule has 0 amide bonds. The monoisotopic (exact) mass is 478 g/mol. The number of aryl methyl sites for hydroxylation is 1. The number of pyridine rings is 2. The first-order valence-corrected chi connectivity index (χ1v) is 11.7. The third-order valence-corrected chi connectivity index (χ3v) is 5.72. The first-order valence-electron chi connectivity index (χ1n) is 11.3. The number of allylic oxidation sites excluding steroid dienone is 4. The maximum atomic E-state index is 5.94. The Labute approximate surface area is 208 Å². The summed E-state index contributed by atoms with van der Waals surface area (Å²) in [6, 6.07) is 7.85. The average molecular weight is 479 g/mol. The van der Waals surface area contributed by atoms with Crippen molar-refractivity contribution in [3.63, 3.8) is 0 Å². The summed E-state index contributed by atoms with van der Waals surface area (Å²) in [5.74, 6) is 0.773. The third kappa shape index (κ3) is 7.89. The molecule has 0 aromatic carbocycles. The van der Waals surface area contributed by atoms with Crippen LogP contribution in [0.4, 0.5) is 0 Å². The molecule has 7 heteroatoms. The molecule has 1 unspecified atom stereocenters. The van der Waals surface area contributed by atoms with Gasteiger partial charge in [0.25, 0.3) is 0 Å². The third-order valence-electron chi connectivity index (χ3n) is 5.50. The Balaban J connectivity index is 2.18. The lowest BCUT2D eigenvalue weighted by Crippen LogP contribution is -2.19. The molecule has 2 aromatic heterocycles. The summed E-state index contributed by atoms with van der Waals surface area (Å²) in [5.41, 5.74) is 11.5. The molecule has 0 radical (unpaired) electrons. The van der Waals surface area contributed by atoms with Crippen LogP contribution >= 0.6 is 11.6 Å². The number of aromatic nitrogens is 2. The van der Waals surface area contributed by atoms with Crippen LogP contribution in [0.15, 0.2) is 88.7 Å². The van der Waals surface area contributed by atoms with Gasteiger partial charge < -0.3 is 15.6 Å². The maximum Gasteiger partial charge on any atom is 0.135 e. The molecule has 6 nitrogen and oxygen atoms in total. The molecular weight excluding hydrogens is 444 g/mol. The van der Waals surface area contributed by atoms with Gasteiger partial charge in [0.05, 0.1) is 5.02 Å². The van der Waals surface area contributed by atoms with Gasteiger partial charge in [-0.2, -0.15) is 0 Å². The van der Waals surface area contributed by atoms with E-state index in [4.69, 9.17) is 17.3 Å². The summed E-state index contributed by atoms with van der Waals surface area (Å²) in [6.45, 7) is 14.8. The van der Waals surface area contributed by atoms with Crippen LogP contribution in [0.5, 0.6) is 0 Å². The van der Waals surface area contributed by atoms with Crippen LogP contribution in [0.2, 0.25) is 5.02 Å². The molecule has 2 heterocycles. The lowest BCUT2D eigenvalue weighted by molar-refractivity contribution is 0.625. The highest BCUT2D eigenvalue weighted by atomic mass is 35.5. The van der Waals surface area contributed by atoms with E-state index in [1.165, 1.54) is 0 Å². The zero-order chi connectivity index (χ0) is 25.1. The van der Waals surface area contributed by atoms with Gasteiger partial charge in [-0.25, -0.2) is 4.99 Å². The Kier molecular flexibility index (Phi) is 10.6. The van der Waals surface area contributed by atoms with Crippen LogP contribution in [0.25, 0.3) is 5.57 Å². The molecule has 0 aliphatic heterocycles. The Bertz CT molecular complexity index is 1150. The fraction of sp³-hybridized carbons (Fsp3) is 0.296. The van der Waals surface area contributed by atoms with Crippen molar-refractivity contribution in [2.45, 2.75) is 39.5 Å². The number of nitrogens with one attached hydrogen (secondary N) is 1. The molecule has 34 heavy (non-hydrogen) atoms. The summed E-state index contributed by atoms with van der Waals surface area (Å²) in [4.78, 5) is 12.9. The molecule has 0 saturated heterocycles. The molecule has 2 aromatic rings. The smallest absolute Gasteiger partial charge is 0.135 e. The summed E-state index contributed by atoms with van der Waals surface area (Å²) in [6.07, 6.45) is 11.0. The Hall–Kier alpha value is -3.38. The van der Waals surface area contributed by atoms with Gasteiger partial charge in [0.1, 0.15) is 11.3 Å². The minimum atomic E-state index is 0.309. The lowest BCUT2D eigenvalue weighted by Gasteiger charge is -2.16. The van der Waals surface area contributed by atoms with E-state index in [0.717, 1.165) is 53.0 Å². The maximum absolute atomic E-state index is 5.94. The second-order valence-corrected chi connectivity index (χ2v) is 8.43. The second-order valence-electron chi connectivity index (χ2n) is 8.00. The number of hydrogen-bond donors (Lipinski definition) is 2. The molecule has 1 atom stereocenters. The van der Waals surface area contributed by atoms with Crippen molar-refractivity contribution in [3.8, 4) is 0 Å². The summed E-state index contributed by atoms with van der Waals surface area (Å²) in [7, 11) is 1.93. The minimum Gasteiger partial charge on any atom is -0.385 e. The average Bonchev–Trinajstić information content (AvgIpc) is 2.83. The van der Waals surface area contributed by atoms with Crippen molar-refractivity contribution in [1.29, 1.82) is 0 Å². The number of aliphatic imine (C=N–C) groups is 1. The van der Waals surface area contributed by atoms with Crippen LogP contribution in [-0.2, 0) is 7.05 Å². The highest BCUT2D eigenvalue weighted by Gasteiger charge is 2.09. The Morgan fingerprint density at radius 2 is 2.12 bits per heavy atom. The minimum absolute atomic E-state index is 0.309. The topological polar surface area (TPSA) is 80.6 Å². The number of hydrogen-bond acceptors (Lipinski definition) is 5. The predicted molar refractivity (Wildman–Crippen MR) is 144 cm³/mol. The fourth-order valence-electron chi connectivity index (χ4n) is 3.31. The van der Waals surface area contributed by atoms with E-state index in [2.05, 4.69) is 53.5 Å². The van der Waals surface area contributed by atoms with E-state index in [1.807, 2.05) is 49.0 Å². The van der Waals surface area contributed by atoms with Crippen molar-refractivity contribution in [3.05, 3.63) is 100 Å². The van der Waals surface area contributed by atoms with Gasteiger partial charge in [-0.1, -0.05) is 32.0 Å². The number of nitrogens with two attached hydrogens (primary N) is 1. The molecule has 0 spiro atoms.